The third kappa shape index (κ3) is 5.63. The lowest BCUT2D eigenvalue weighted by molar-refractivity contribution is -0.0452. The van der Waals surface area contributed by atoms with Crippen molar-refractivity contribution in [2.24, 2.45) is 10.9 Å². The molecule has 0 radical (unpaired) electrons. The second-order valence-electron chi connectivity index (χ2n) is 15.0. The fourth-order valence-corrected chi connectivity index (χ4v) is 9.42. The molecular formula is C51H42N2O2. The number of fused-ring (bicyclic) bond motifs is 4. The Bertz CT molecular complexity index is 2500. The van der Waals surface area contributed by atoms with Gasteiger partial charge >= 0.3 is 0 Å². The van der Waals surface area contributed by atoms with Gasteiger partial charge in [0, 0.05) is 29.0 Å². The van der Waals surface area contributed by atoms with E-state index < -0.39 is 0 Å². The van der Waals surface area contributed by atoms with Gasteiger partial charge in [0.2, 0.25) is 0 Å². The summed E-state index contributed by atoms with van der Waals surface area (Å²) in [5, 5.41) is 3.66. The van der Waals surface area contributed by atoms with E-state index in [-0.39, 0.29) is 29.5 Å². The topological polar surface area (TPSA) is 42.9 Å². The Kier molecular flexibility index (Phi) is 8.32. The number of nitrogens with one attached hydrogen (secondary N) is 1. The highest BCUT2D eigenvalue weighted by atomic mass is 16.6. The summed E-state index contributed by atoms with van der Waals surface area (Å²) in [6.07, 6.45) is 19.1. The van der Waals surface area contributed by atoms with Gasteiger partial charge in [-0.1, -0.05) is 152 Å². The average molecular weight is 715 g/mol. The minimum absolute atomic E-state index is 0.105. The second-order valence-corrected chi connectivity index (χ2v) is 15.0. The van der Waals surface area contributed by atoms with Crippen LogP contribution in [0.4, 0.5) is 11.4 Å². The largest absolute Gasteiger partial charge is 0.483 e. The molecule has 55 heavy (non-hydrogen) atoms. The highest BCUT2D eigenvalue weighted by Gasteiger charge is 2.53. The van der Waals surface area contributed by atoms with E-state index in [2.05, 4.69) is 170 Å². The summed E-state index contributed by atoms with van der Waals surface area (Å²) in [5.74, 6) is 2.72. The van der Waals surface area contributed by atoms with Crippen LogP contribution in [0.5, 0.6) is 0 Å². The lowest BCUT2D eigenvalue weighted by Gasteiger charge is -2.45. The third-order valence-corrected chi connectivity index (χ3v) is 11.9. The van der Waals surface area contributed by atoms with Gasteiger partial charge in [0.05, 0.1) is 5.69 Å². The number of hydrogen-bond donors (Lipinski definition) is 1. The maximum absolute atomic E-state index is 7.19. The Morgan fingerprint density at radius 1 is 0.727 bits per heavy atom. The average Bonchev–Trinajstić information content (AvgIpc) is 3.53. The van der Waals surface area contributed by atoms with Crippen molar-refractivity contribution in [3.05, 3.63) is 233 Å². The Balaban J connectivity index is 1.06. The molecule has 0 amide bonds. The van der Waals surface area contributed by atoms with Gasteiger partial charge in [0.25, 0.3) is 0 Å². The first kappa shape index (κ1) is 33.2. The van der Waals surface area contributed by atoms with Crippen molar-refractivity contribution < 1.29 is 9.47 Å². The molecule has 4 heteroatoms. The van der Waals surface area contributed by atoms with Gasteiger partial charge in [-0.3, -0.25) is 0 Å². The standard InChI is InChI=1S/C51H42N2O2/c1-34-18-11-16-30-45(34)53-50(52-37-23-9-4-10-24-37)41-27-13-12-25-38(41)40-28-17-31-46-49(40)55-47-32-42-39-26-14-15-29-43(39)51(35-19-5-2-6-20-35,36-21-7-3-8-22-36)44(42)33-48(47)54-46/h2-21,23-32,36,40,48-49H,22,33H2,1H3,(H,52,53). The number of amidine groups is 1. The van der Waals surface area contributed by atoms with E-state index in [4.69, 9.17) is 14.5 Å². The summed E-state index contributed by atoms with van der Waals surface area (Å²) in [4.78, 5) is 5.25. The number of nitrogens with zero attached hydrogens (tertiary/aromatic N) is 1. The molecule has 4 nitrogen and oxygen atoms in total. The molecular weight excluding hydrogens is 673 g/mol. The maximum Gasteiger partial charge on any atom is 0.165 e. The van der Waals surface area contributed by atoms with E-state index in [0.717, 1.165) is 58.3 Å². The molecule has 1 fully saturated rings. The van der Waals surface area contributed by atoms with Crippen molar-refractivity contribution >= 4 is 22.8 Å². The van der Waals surface area contributed by atoms with Crippen molar-refractivity contribution in [1.29, 1.82) is 0 Å². The smallest absolute Gasteiger partial charge is 0.165 e. The predicted molar refractivity (Wildman–Crippen MR) is 223 cm³/mol. The summed E-state index contributed by atoms with van der Waals surface area (Å²) < 4.78 is 14.3. The van der Waals surface area contributed by atoms with Crippen molar-refractivity contribution in [3.8, 4) is 0 Å². The van der Waals surface area contributed by atoms with E-state index in [1.165, 1.54) is 27.8 Å². The highest BCUT2D eigenvalue weighted by Crippen LogP contribution is 2.60. The second kappa shape index (κ2) is 13.8. The van der Waals surface area contributed by atoms with E-state index in [1.54, 1.807) is 0 Å². The molecule has 1 saturated heterocycles. The number of aryl methyl sites for hydroxylation is 1. The molecule has 0 bridgehead atoms. The molecule has 5 aromatic carbocycles. The van der Waals surface area contributed by atoms with Crippen LogP contribution in [0.1, 0.15) is 52.1 Å². The van der Waals surface area contributed by atoms with Crippen LogP contribution in [0.15, 0.2) is 204 Å². The number of benzene rings is 5. The first-order valence-corrected chi connectivity index (χ1v) is 19.4. The minimum atomic E-state index is -0.325. The molecule has 5 unspecified atom stereocenters. The first-order chi connectivity index (χ1) is 27.2. The number of aliphatic imine (C=N–C) groups is 1. The van der Waals surface area contributed by atoms with E-state index in [1.807, 2.05) is 24.3 Å². The molecule has 0 saturated carbocycles. The van der Waals surface area contributed by atoms with Gasteiger partial charge in [-0.25, -0.2) is 4.99 Å². The van der Waals surface area contributed by atoms with Crippen LogP contribution in [0.3, 0.4) is 0 Å². The monoisotopic (exact) mass is 714 g/mol. The molecule has 1 N–H and O–H groups in total. The van der Waals surface area contributed by atoms with Gasteiger partial charge in [-0.05, 0) is 88.6 Å². The molecule has 5 atom stereocenters. The molecule has 1 heterocycles. The molecule has 10 rings (SSSR count). The molecule has 4 aliphatic carbocycles. The van der Waals surface area contributed by atoms with Crippen molar-refractivity contribution in [3.63, 3.8) is 0 Å². The zero-order valence-electron chi connectivity index (χ0n) is 30.8. The van der Waals surface area contributed by atoms with Crippen molar-refractivity contribution in [2.45, 2.75) is 43.3 Å². The maximum atomic E-state index is 7.19. The number of anilines is 1. The number of para-hydroxylation sites is 2. The SMILES string of the molecule is Cc1ccccc1N=C(Nc1ccccc1)c1ccccc1C1C=CC=C2OC3CC4=C(C=C3OC21)c1ccccc1C4(c1ccccc1)C1C=CC=CC1. The third-order valence-electron chi connectivity index (χ3n) is 11.9. The predicted octanol–water partition coefficient (Wildman–Crippen LogP) is 11.7. The van der Waals surface area contributed by atoms with E-state index in [9.17, 15) is 0 Å². The van der Waals surface area contributed by atoms with E-state index >= 15 is 0 Å². The van der Waals surface area contributed by atoms with E-state index in [0.29, 0.717) is 0 Å². The Morgan fingerprint density at radius 3 is 2.33 bits per heavy atom. The van der Waals surface area contributed by atoms with Crippen molar-refractivity contribution in [2.75, 3.05) is 5.32 Å². The molecule has 1 aliphatic heterocycles. The van der Waals surface area contributed by atoms with Crippen molar-refractivity contribution in [1.82, 2.24) is 0 Å². The number of hydrogen-bond acceptors (Lipinski definition) is 3. The number of rotatable bonds is 6. The first-order valence-electron chi connectivity index (χ1n) is 19.4. The van der Waals surface area contributed by atoms with Crippen LogP contribution in [0, 0.1) is 12.8 Å². The van der Waals surface area contributed by atoms with Gasteiger partial charge in [-0.2, -0.15) is 0 Å². The Hall–Kier alpha value is -6.39. The van der Waals surface area contributed by atoms with Gasteiger partial charge in [0.15, 0.2) is 12.2 Å². The lowest BCUT2D eigenvalue weighted by Crippen LogP contribution is -2.42. The van der Waals surface area contributed by atoms with Crippen LogP contribution in [-0.2, 0) is 14.9 Å². The fraction of sp³-hybridized carbons (Fsp3) is 0.157. The zero-order valence-corrected chi connectivity index (χ0v) is 30.8. The van der Waals surface area contributed by atoms with Crippen LogP contribution in [-0.4, -0.2) is 18.0 Å². The van der Waals surface area contributed by atoms with Gasteiger partial charge in [-0.15, -0.1) is 0 Å². The molecule has 268 valence electrons. The lowest BCUT2D eigenvalue weighted by atomic mass is 9.60. The summed E-state index contributed by atoms with van der Waals surface area (Å²) in [6.45, 7) is 2.10. The molecule has 5 aromatic rings. The zero-order chi connectivity index (χ0) is 36.8. The summed E-state index contributed by atoms with van der Waals surface area (Å²) in [6, 6.07) is 47.2. The molecule has 0 aromatic heterocycles. The van der Waals surface area contributed by atoms with Crippen LogP contribution in [0.25, 0.3) is 5.57 Å². The summed E-state index contributed by atoms with van der Waals surface area (Å²) >= 11 is 0. The van der Waals surface area contributed by atoms with Crippen LogP contribution >= 0.6 is 0 Å². The normalized spacial score (nSPS) is 24.7. The Labute approximate surface area is 323 Å². The fourth-order valence-electron chi connectivity index (χ4n) is 9.42. The van der Waals surface area contributed by atoms with Crippen LogP contribution in [0.2, 0.25) is 0 Å². The minimum Gasteiger partial charge on any atom is -0.483 e. The number of allylic oxidation sites excluding steroid dienone is 8. The highest BCUT2D eigenvalue weighted by molar-refractivity contribution is 6.10. The van der Waals surface area contributed by atoms with Crippen LogP contribution < -0.4 is 5.32 Å². The molecule has 5 aliphatic rings. The number of ether oxygens (including phenoxy) is 2. The van der Waals surface area contributed by atoms with Gasteiger partial charge < -0.3 is 14.8 Å². The Morgan fingerprint density at radius 2 is 1.49 bits per heavy atom. The van der Waals surface area contributed by atoms with Gasteiger partial charge in [0.1, 0.15) is 17.4 Å². The summed E-state index contributed by atoms with van der Waals surface area (Å²) in [7, 11) is 0. The summed E-state index contributed by atoms with van der Waals surface area (Å²) in [5.41, 5.74) is 11.5. The quantitative estimate of drug-likeness (QED) is 0.141. The molecule has 0 spiro atoms.